The number of nitrogens with zero attached hydrogens (tertiary/aromatic N) is 2. The number of rotatable bonds is 7. The molecule has 3 aromatic rings. The zero-order valence-corrected chi connectivity index (χ0v) is 19.8. The van der Waals surface area contributed by atoms with Crippen LogP contribution >= 0.6 is 11.3 Å². The molecule has 0 saturated carbocycles. The van der Waals surface area contributed by atoms with Crippen LogP contribution in [0.25, 0.3) is 0 Å². The Morgan fingerprint density at radius 2 is 1.91 bits per heavy atom. The molecule has 34 heavy (non-hydrogen) atoms. The molecule has 0 fully saturated rings. The number of hydrogen-bond acceptors (Lipinski definition) is 8. The fourth-order valence-corrected chi connectivity index (χ4v) is 4.46. The van der Waals surface area contributed by atoms with Crippen LogP contribution in [0.2, 0.25) is 0 Å². The number of thiophene rings is 1. The largest absolute Gasteiger partial charge is 0.507 e. The van der Waals surface area contributed by atoms with Gasteiger partial charge in [-0.1, -0.05) is 18.2 Å². The van der Waals surface area contributed by atoms with E-state index in [0.717, 1.165) is 21.7 Å². The summed E-state index contributed by atoms with van der Waals surface area (Å²) in [4.78, 5) is 26.5. The molecule has 1 aromatic heterocycles. The van der Waals surface area contributed by atoms with E-state index in [1.165, 1.54) is 28.5 Å². The fourth-order valence-electron chi connectivity index (χ4n) is 3.74. The Labute approximate surface area is 201 Å². The highest BCUT2D eigenvalue weighted by Crippen LogP contribution is 2.38. The number of phenolic OH excluding ortho intramolecular Hbond substituents is 1. The minimum atomic E-state index is -0.782. The van der Waals surface area contributed by atoms with E-state index in [0.29, 0.717) is 17.9 Å². The van der Waals surface area contributed by atoms with Crippen molar-refractivity contribution in [3.8, 4) is 17.2 Å². The highest BCUT2D eigenvalue weighted by atomic mass is 32.1. The molecular formula is C25H24N2O6S. The van der Waals surface area contributed by atoms with Gasteiger partial charge in [0.05, 0.1) is 30.9 Å². The summed E-state index contributed by atoms with van der Waals surface area (Å²) >= 11 is 1.54. The van der Waals surface area contributed by atoms with E-state index in [2.05, 4.69) is 5.10 Å². The summed E-state index contributed by atoms with van der Waals surface area (Å²) in [5.74, 6) is -0.340. The molecule has 2 heterocycles. The van der Waals surface area contributed by atoms with Gasteiger partial charge < -0.3 is 19.3 Å². The van der Waals surface area contributed by atoms with Crippen LogP contribution in [0.4, 0.5) is 0 Å². The zero-order valence-electron chi connectivity index (χ0n) is 19.0. The number of aromatic hydroxyl groups is 1. The van der Waals surface area contributed by atoms with Gasteiger partial charge in [-0.3, -0.25) is 4.79 Å². The highest BCUT2D eigenvalue weighted by Gasteiger charge is 2.34. The van der Waals surface area contributed by atoms with E-state index in [4.69, 9.17) is 14.2 Å². The van der Waals surface area contributed by atoms with E-state index in [1.807, 2.05) is 29.6 Å². The van der Waals surface area contributed by atoms with E-state index in [-0.39, 0.29) is 11.3 Å². The molecule has 2 aromatic carbocycles. The number of carbonyl (C=O) groups excluding carboxylic acids is 2. The Kier molecular flexibility index (Phi) is 6.83. The Morgan fingerprint density at radius 3 is 2.59 bits per heavy atom. The third-order valence-electron chi connectivity index (χ3n) is 5.46. The van der Waals surface area contributed by atoms with Crippen LogP contribution in [0.1, 0.15) is 38.8 Å². The Bertz CT molecular complexity index is 1240. The molecule has 1 amide bonds. The normalized spacial score (nSPS) is 15.1. The predicted molar refractivity (Wildman–Crippen MR) is 128 cm³/mol. The molecule has 0 bridgehead atoms. The fraction of sp³-hybridized carbons (Fsp3) is 0.240. The van der Waals surface area contributed by atoms with E-state index < -0.39 is 24.5 Å². The van der Waals surface area contributed by atoms with Gasteiger partial charge in [0, 0.05) is 6.42 Å². The summed E-state index contributed by atoms with van der Waals surface area (Å²) < 4.78 is 16.0. The average molecular weight is 481 g/mol. The van der Waals surface area contributed by atoms with Gasteiger partial charge in [0.1, 0.15) is 11.3 Å². The van der Waals surface area contributed by atoms with Crippen LogP contribution < -0.4 is 9.47 Å². The number of ether oxygens (including phenoxy) is 3. The van der Waals surface area contributed by atoms with Crippen LogP contribution in [-0.4, -0.2) is 48.5 Å². The van der Waals surface area contributed by atoms with Crippen molar-refractivity contribution in [1.82, 2.24) is 5.01 Å². The third-order valence-corrected chi connectivity index (χ3v) is 6.38. The average Bonchev–Trinajstić information content (AvgIpc) is 3.52. The van der Waals surface area contributed by atoms with Crippen LogP contribution in [0.5, 0.6) is 17.2 Å². The lowest BCUT2D eigenvalue weighted by Gasteiger charge is -2.22. The molecule has 0 spiro atoms. The number of amides is 1. The van der Waals surface area contributed by atoms with Gasteiger partial charge >= 0.3 is 5.97 Å². The first kappa shape index (κ1) is 23.3. The number of benzene rings is 2. The molecule has 9 heteroatoms. The lowest BCUT2D eigenvalue weighted by atomic mass is 10.0. The number of esters is 1. The number of aryl methyl sites for hydroxylation is 1. The summed E-state index contributed by atoms with van der Waals surface area (Å²) in [5.41, 5.74) is 2.38. The lowest BCUT2D eigenvalue weighted by Crippen LogP contribution is -2.31. The number of hydrazone groups is 1. The molecule has 176 valence electrons. The topological polar surface area (TPSA) is 97.7 Å². The molecule has 8 nitrogen and oxygen atoms in total. The van der Waals surface area contributed by atoms with Gasteiger partial charge in [0.2, 0.25) is 0 Å². The molecule has 4 rings (SSSR count). The van der Waals surface area contributed by atoms with Crippen molar-refractivity contribution in [2.75, 3.05) is 20.8 Å². The Balaban J connectivity index is 1.56. The van der Waals surface area contributed by atoms with Crippen molar-refractivity contribution >= 4 is 28.9 Å². The monoisotopic (exact) mass is 480 g/mol. The molecule has 1 aliphatic heterocycles. The second kappa shape index (κ2) is 9.96. The first-order chi connectivity index (χ1) is 16.4. The number of methoxy groups -OCH3 is 2. The summed E-state index contributed by atoms with van der Waals surface area (Å²) in [6, 6.07) is 13.5. The molecule has 0 aliphatic carbocycles. The Morgan fingerprint density at radius 1 is 1.12 bits per heavy atom. The molecule has 0 radical (unpaired) electrons. The molecule has 1 N–H and O–H groups in total. The summed E-state index contributed by atoms with van der Waals surface area (Å²) in [5, 5.41) is 17.9. The second-order valence-corrected chi connectivity index (χ2v) is 8.64. The standard InChI is InChI=1S/C25H24N2O6S/c1-15-6-8-17(20(28)11-15)25(30)33-14-24(29)27-19(13-18(26-27)23-5-4-10-34-23)16-7-9-21(31-2)22(12-16)32-3/h4-12,19,28H,13-14H2,1-3H3. The summed E-state index contributed by atoms with van der Waals surface area (Å²) in [7, 11) is 3.11. The summed E-state index contributed by atoms with van der Waals surface area (Å²) in [6.07, 6.45) is 0.494. The maximum absolute atomic E-state index is 13.1. The van der Waals surface area contributed by atoms with Gasteiger partial charge in [-0.2, -0.15) is 5.10 Å². The van der Waals surface area contributed by atoms with E-state index in [9.17, 15) is 14.7 Å². The Hall–Kier alpha value is -3.85. The van der Waals surface area contributed by atoms with Crippen molar-refractivity contribution in [3.63, 3.8) is 0 Å². The second-order valence-electron chi connectivity index (χ2n) is 7.69. The number of phenols is 1. The minimum Gasteiger partial charge on any atom is -0.507 e. The van der Waals surface area contributed by atoms with E-state index in [1.54, 1.807) is 33.3 Å². The third kappa shape index (κ3) is 4.74. The lowest BCUT2D eigenvalue weighted by molar-refractivity contribution is -0.136. The molecular weight excluding hydrogens is 456 g/mol. The maximum atomic E-state index is 13.1. The number of hydrogen-bond donors (Lipinski definition) is 1. The molecule has 1 atom stereocenters. The van der Waals surface area contributed by atoms with Crippen molar-refractivity contribution in [2.24, 2.45) is 5.10 Å². The molecule has 1 aliphatic rings. The van der Waals surface area contributed by atoms with Crippen molar-refractivity contribution < 1.29 is 28.9 Å². The molecule has 0 saturated heterocycles. The molecule has 1 unspecified atom stereocenters. The van der Waals surface area contributed by atoms with Crippen LogP contribution in [0.3, 0.4) is 0 Å². The highest BCUT2D eigenvalue weighted by molar-refractivity contribution is 7.12. The number of carbonyl (C=O) groups is 2. The van der Waals surface area contributed by atoms with Crippen molar-refractivity contribution in [2.45, 2.75) is 19.4 Å². The van der Waals surface area contributed by atoms with Crippen molar-refractivity contribution in [1.29, 1.82) is 0 Å². The smallest absolute Gasteiger partial charge is 0.342 e. The van der Waals surface area contributed by atoms with E-state index >= 15 is 0 Å². The quantitative estimate of drug-likeness (QED) is 0.506. The zero-order chi connectivity index (χ0) is 24.2. The maximum Gasteiger partial charge on any atom is 0.342 e. The van der Waals surface area contributed by atoms with Gasteiger partial charge in [0.25, 0.3) is 5.91 Å². The van der Waals surface area contributed by atoms with Crippen molar-refractivity contribution in [3.05, 3.63) is 75.5 Å². The van der Waals surface area contributed by atoms with Gasteiger partial charge in [-0.15, -0.1) is 11.3 Å². The van der Waals surface area contributed by atoms with Crippen LogP contribution in [-0.2, 0) is 9.53 Å². The first-order valence-corrected chi connectivity index (χ1v) is 11.4. The first-order valence-electron chi connectivity index (χ1n) is 10.5. The minimum absolute atomic E-state index is 0.000890. The van der Waals surface area contributed by atoms with Crippen LogP contribution in [0, 0.1) is 6.92 Å². The SMILES string of the molecule is COc1ccc(C2CC(c3cccs3)=NN2C(=O)COC(=O)c2ccc(C)cc2O)cc1OC. The predicted octanol–water partition coefficient (Wildman–Crippen LogP) is 4.31. The van der Waals surface area contributed by atoms with Crippen LogP contribution in [0.15, 0.2) is 59.0 Å². The van der Waals surface area contributed by atoms with Gasteiger partial charge in [-0.25, -0.2) is 9.80 Å². The summed E-state index contributed by atoms with van der Waals surface area (Å²) in [6.45, 7) is 1.28. The van der Waals surface area contributed by atoms with Gasteiger partial charge in [0.15, 0.2) is 18.1 Å². The van der Waals surface area contributed by atoms with Gasteiger partial charge in [-0.05, 0) is 53.8 Å².